The summed E-state index contributed by atoms with van der Waals surface area (Å²) in [6.45, 7) is 1.44. The number of amides is 2. The van der Waals surface area contributed by atoms with Crippen LogP contribution in [0.3, 0.4) is 0 Å². The zero-order chi connectivity index (χ0) is 18.5. The van der Waals surface area contributed by atoms with Crippen molar-refractivity contribution in [1.29, 1.82) is 0 Å². The number of hydrogen-bond donors (Lipinski definition) is 2. The van der Waals surface area contributed by atoms with Crippen LogP contribution < -0.4 is 10.6 Å². The van der Waals surface area contributed by atoms with E-state index in [9.17, 15) is 9.59 Å². The maximum atomic E-state index is 12.1. The largest absolute Gasteiger partial charge is 0.461 e. The van der Waals surface area contributed by atoms with Crippen molar-refractivity contribution in [3.8, 4) is 11.6 Å². The Labute approximate surface area is 154 Å². The fourth-order valence-electron chi connectivity index (χ4n) is 2.23. The second-order valence-corrected chi connectivity index (χ2v) is 6.38. The van der Waals surface area contributed by atoms with Gasteiger partial charge in [0.15, 0.2) is 16.7 Å². The molecule has 0 saturated heterocycles. The summed E-state index contributed by atoms with van der Waals surface area (Å²) in [7, 11) is 1.82. The number of nitrogens with one attached hydrogen (secondary N) is 2. The van der Waals surface area contributed by atoms with Crippen LogP contribution in [0.5, 0.6) is 0 Å². The molecule has 0 aliphatic heterocycles. The second kappa shape index (κ2) is 7.87. The van der Waals surface area contributed by atoms with Crippen molar-refractivity contribution in [2.75, 3.05) is 16.4 Å². The van der Waals surface area contributed by atoms with Crippen molar-refractivity contribution in [2.45, 2.75) is 12.1 Å². The Bertz CT molecular complexity index is 903. The average Bonchev–Trinajstić information content (AvgIpc) is 3.24. The molecule has 3 rings (SSSR count). The molecule has 2 heterocycles. The maximum absolute atomic E-state index is 12.1. The van der Waals surface area contributed by atoms with Crippen molar-refractivity contribution in [3.05, 3.63) is 42.7 Å². The lowest BCUT2D eigenvalue weighted by molar-refractivity contribution is -0.114. The minimum Gasteiger partial charge on any atom is -0.461 e. The molecule has 26 heavy (non-hydrogen) atoms. The van der Waals surface area contributed by atoms with E-state index in [-0.39, 0.29) is 17.6 Å². The van der Waals surface area contributed by atoms with Gasteiger partial charge in [-0.3, -0.25) is 9.59 Å². The highest BCUT2D eigenvalue weighted by molar-refractivity contribution is 7.99. The number of nitrogens with zero attached hydrogens (tertiary/aromatic N) is 3. The van der Waals surface area contributed by atoms with Crippen LogP contribution in [0.2, 0.25) is 0 Å². The zero-order valence-electron chi connectivity index (χ0n) is 14.2. The normalized spacial score (nSPS) is 10.5. The van der Waals surface area contributed by atoms with Gasteiger partial charge >= 0.3 is 0 Å². The number of carbonyl (C=O) groups excluding carboxylic acids is 2. The van der Waals surface area contributed by atoms with Crippen molar-refractivity contribution in [1.82, 2.24) is 14.8 Å². The van der Waals surface area contributed by atoms with E-state index >= 15 is 0 Å². The molecule has 1 aromatic carbocycles. The molecule has 2 N–H and O–H groups in total. The Balaban J connectivity index is 1.55. The van der Waals surface area contributed by atoms with E-state index in [1.54, 1.807) is 47.2 Å². The molecule has 8 nitrogen and oxygen atoms in total. The van der Waals surface area contributed by atoms with Gasteiger partial charge in [0.2, 0.25) is 11.8 Å². The van der Waals surface area contributed by atoms with Crippen LogP contribution in [0.15, 0.2) is 52.2 Å². The molecule has 134 valence electrons. The maximum Gasteiger partial charge on any atom is 0.234 e. The first kappa shape index (κ1) is 17.7. The number of anilines is 2. The molecule has 3 aromatic rings. The number of rotatable bonds is 6. The highest BCUT2D eigenvalue weighted by atomic mass is 32.2. The summed E-state index contributed by atoms with van der Waals surface area (Å²) < 4.78 is 7.09. The Morgan fingerprint density at radius 2 is 1.81 bits per heavy atom. The Kier molecular flexibility index (Phi) is 5.37. The fraction of sp³-hybridized carbons (Fsp3) is 0.176. The van der Waals surface area contributed by atoms with Crippen molar-refractivity contribution in [3.63, 3.8) is 0 Å². The highest BCUT2D eigenvalue weighted by Crippen LogP contribution is 2.23. The number of thioether (sulfide) groups is 1. The van der Waals surface area contributed by atoms with Crippen molar-refractivity contribution in [2.24, 2.45) is 7.05 Å². The number of furan rings is 1. The van der Waals surface area contributed by atoms with E-state index in [4.69, 9.17) is 4.42 Å². The van der Waals surface area contributed by atoms with Gasteiger partial charge in [-0.15, -0.1) is 10.2 Å². The van der Waals surface area contributed by atoms with Crippen LogP contribution in [-0.4, -0.2) is 32.3 Å². The molecule has 9 heteroatoms. The third-order valence-electron chi connectivity index (χ3n) is 3.40. The first-order valence-electron chi connectivity index (χ1n) is 7.76. The third-order valence-corrected chi connectivity index (χ3v) is 4.42. The van der Waals surface area contributed by atoms with Crippen LogP contribution >= 0.6 is 11.8 Å². The molecule has 0 atom stereocenters. The highest BCUT2D eigenvalue weighted by Gasteiger charge is 2.14. The lowest BCUT2D eigenvalue weighted by Crippen LogP contribution is -2.14. The lowest BCUT2D eigenvalue weighted by Gasteiger charge is -2.07. The topological polar surface area (TPSA) is 102 Å². The van der Waals surface area contributed by atoms with Gasteiger partial charge in [0.1, 0.15) is 0 Å². The third kappa shape index (κ3) is 4.31. The lowest BCUT2D eigenvalue weighted by atomic mass is 10.3. The van der Waals surface area contributed by atoms with E-state index < -0.39 is 0 Å². The first-order valence-corrected chi connectivity index (χ1v) is 8.75. The summed E-state index contributed by atoms with van der Waals surface area (Å²) in [6, 6.07) is 10.5. The molecule has 0 bridgehead atoms. The Morgan fingerprint density at radius 3 is 2.42 bits per heavy atom. The fourth-order valence-corrected chi connectivity index (χ4v) is 2.94. The molecule has 2 aromatic heterocycles. The number of aromatic nitrogens is 3. The predicted octanol–water partition coefficient (Wildman–Crippen LogP) is 2.76. The van der Waals surface area contributed by atoms with Crippen LogP contribution in [-0.2, 0) is 16.6 Å². The van der Waals surface area contributed by atoms with Crippen LogP contribution in [0.1, 0.15) is 6.92 Å². The molecule has 2 amide bonds. The van der Waals surface area contributed by atoms with Gasteiger partial charge < -0.3 is 19.6 Å². The van der Waals surface area contributed by atoms with Gasteiger partial charge in [-0.2, -0.15) is 0 Å². The molecule has 0 aliphatic rings. The summed E-state index contributed by atoms with van der Waals surface area (Å²) in [5, 5.41) is 14.3. The van der Waals surface area contributed by atoms with Gasteiger partial charge in [0, 0.05) is 25.3 Å². The average molecular weight is 371 g/mol. The van der Waals surface area contributed by atoms with Crippen LogP contribution in [0.4, 0.5) is 11.4 Å². The van der Waals surface area contributed by atoms with E-state index in [2.05, 4.69) is 20.8 Å². The molecular formula is C17H17N5O3S. The summed E-state index contributed by atoms with van der Waals surface area (Å²) in [5.74, 6) is 1.11. The van der Waals surface area contributed by atoms with Gasteiger partial charge in [-0.25, -0.2) is 0 Å². The zero-order valence-corrected chi connectivity index (χ0v) is 15.0. The summed E-state index contributed by atoms with van der Waals surface area (Å²) in [4.78, 5) is 23.1. The molecular weight excluding hydrogens is 354 g/mol. The van der Waals surface area contributed by atoms with Crippen LogP contribution in [0, 0.1) is 0 Å². The molecule has 0 radical (unpaired) electrons. The summed E-state index contributed by atoms with van der Waals surface area (Å²) in [6.07, 6.45) is 1.57. The molecule has 0 spiro atoms. The summed E-state index contributed by atoms with van der Waals surface area (Å²) in [5.41, 5.74) is 1.33. The Morgan fingerprint density at radius 1 is 1.12 bits per heavy atom. The predicted molar refractivity (Wildman–Crippen MR) is 98.8 cm³/mol. The van der Waals surface area contributed by atoms with Crippen LogP contribution in [0.25, 0.3) is 11.6 Å². The standard InChI is InChI=1S/C17H17N5O3S/c1-11(23)18-12-5-7-13(8-6-12)19-15(24)10-26-17-21-20-16(22(17)2)14-4-3-9-25-14/h3-9H,10H2,1-2H3,(H,18,23)(H,19,24). The smallest absolute Gasteiger partial charge is 0.234 e. The molecule has 0 fully saturated rings. The Hall–Kier alpha value is -3.07. The number of benzene rings is 1. The van der Waals surface area contributed by atoms with Crippen molar-refractivity contribution < 1.29 is 14.0 Å². The SMILES string of the molecule is CC(=O)Nc1ccc(NC(=O)CSc2nnc(-c3ccco3)n2C)cc1. The number of carbonyl (C=O) groups is 2. The van der Waals surface area contributed by atoms with Gasteiger partial charge in [-0.05, 0) is 36.4 Å². The van der Waals surface area contributed by atoms with E-state index in [1.807, 2.05) is 7.05 Å². The molecule has 0 saturated carbocycles. The second-order valence-electron chi connectivity index (χ2n) is 5.44. The summed E-state index contributed by atoms with van der Waals surface area (Å²) >= 11 is 1.28. The van der Waals surface area contributed by atoms with Gasteiger partial charge in [-0.1, -0.05) is 11.8 Å². The minimum absolute atomic E-state index is 0.143. The van der Waals surface area contributed by atoms with Gasteiger partial charge in [0.05, 0.1) is 12.0 Å². The molecule has 0 aliphatic carbocycles. The van der Waals surface area contributed by atoms with E-state index in [0.717, 1.165) is 0 Å². The quantitative estimate of drug-likeness (QED) is 0.646. The first-order chi connectivity index (χ1) is 12.5. The van der Waals surface area contributed by atoms with E-state index in [0.29, 0.717) is 28.1 Å². The van der Waals surface area contributed by atoms with Crippen molar-refractivity contribution >= 4 is 35.0 Å². The minimum atomic E-state index is -0.162. The van der Waals surface area contributed by atoms with Gasteiger partial charge in [0.25, 0.3) is 0 Å². The molecule has 0 unspecified atom stereocenters. The van der Waals surface area contributed by atoms with E-state index in [1.165, 1.54) is 18.7 Å². The number of hydrogen-bond acceptors (Lipinski definition) is 6. The monoisotopic (exact) mass is 371 g/mol.